The number of aliphatic imine (C=N–C) groups is 1. The predicted octanol–water partition coefficient (Wildman–Crippen LogP) is 6.66. The Morgan fingerprint density at radius 2 is 1.86 bits per heavy atom. The molecule has 0 spiro atoms. The summed E-state index contributed by atoms with van der Waals surface area (Å²) in [5.74, 6) is -1.18. The van der Waals surface area contributed by atoms with Gasteiger partial charge >= 0.3 is 12.4 Å². The fourth-order valence-electron chi connectivity index (χ4n) is 4.30. The summed E-state index contributed by atoms with van der Waals surface area (Å²) in [6, 6.07) is 13.6. The molecule has 0 radical (unpaired) electrons. The van der Waals surface area contributed by atoms with E-state index >= 15 is 4.39 Å². The molecule has 1 aliphatic rings. The van der Waals surface area contributed by atoms with Crippen LogP contribution in [0, 0.1) is 12.7 Å². The van der Waals surface area contributed by atoms with Crippen LogP contribution in [0.3, 0.4) is 0 Å². The van der Waals surface area contributed by atoms with Gasteiger partial charge in [-0.25, -0.2) is 18.9 Å². The number of nitrogens with one attached hydrogen (secondary N) is 1. The molecule has 0 saturated carbocycles. The number of urea groups is 1. The Balaban J connectivity index is 1.31. The Kier molecular flexibility index (Phi) is 8.69. The monoisotopic (exact) mass is 628 g/mol. The number of ether oxygens (including phenoxy) is 2. The summed E-state index contributed by atoms with van der Waals surface area (Å²) in [6.45, 7) is 3.72. The van der Waals surface area contributed by atoms with Gasteiger partial charge in [-0.2, -0.15) is 4.99 Å². The third kappa shape index (κ3) is 6.89. The van der Waals surface area contributed by atoms with Gasteiger partial charge in [-0.1, -0.05) is 23.9 Å². The standard InChI is InChI=1S/C29H24F4N6O4S/c1-16-4-10-21(17(2)42-3)24(12-16)39-25(40)14-44-28(39)36-27(41)35-23-11-7-19(13-22(23)30)38-15-34-26(37-38)18-5-8-20(9-6-18)43-29(31,32)33/h4-13,15,17H,14H2,1-3H3,(H,35,41). The number of nitrogens with zero attached hydrogens (tertiary/aromatic N) is 5. The lowest BCUT2D eigenvalue weighted by Gasteiger charge is -2.23. The van der Waals surface area contributed by atoms with Crippen molar-refractivity contribution in [2.45, 2.75) is 26.3 Å². The second-order valence-electron chi connectivity index (χ2n) is 9.53. The van der Waals surface area contributed by atoms with Crippen molar-refractivity contribution in [3.8, 4) is 22.8 Å². The maximum absolute atomic E-state index is 15.0. The third-order valence-corrected chi connectivity index (χ3v) is 7.40. The molecular formula is C29H24F4N6O4S. The molecule has 15 heteroatoms. The number of amidine groups is 1. The molecule has 0 bridgehead atoms. The van der Waals surface area contributed by atoms with Gasteiger partial charge in [0.1, 0.15) is 17.9 Å². The number of anilines is 2. The zero-order valence-electron chi connectivity index (χ0n) is 23.4. The first-order valence-corrected chi connectivity index (χ1v) is 14.0. The van der Waals surface area contributed by atoms with Gasteiger partial charge in [-0.3, -0.25) is 9.69 Å². The molecule has 3 amide bonds. The van der Waals surface area contributed by atoms with Crippen LogP contribution in [0.2, 0.25) is 0 Å². The predicted molar refractivity (Wildman–Crippen MR) is 156 cm³/mol. The number of methoxy groups -OCH3 is 1. The number of aromatic nitrogens is 3. The van der Waals surface area contributed by atoms with Gasteiger partial charge in [0.2, 0.25) is 5.91 Å². The Labute approximate surface area is 252 Å². The van der Waals surface area contributed by atoms with Gasteiger partial charge in [-0.15, -0.1) is 18.3 Å². The number of carbonyl (C=O) groups is 2. The molecule has 3 aromatic carbocycles. The lowest BCUT2D eigenvalue weighted by Crippen LogP contribution is -2.31. The van der Waals surface area contributed by atoms with E-state index in [1.54, 1.807) is 7.11 Å². The van der Waals surface area contributed by atoms with Crippen LogP contribution >= 0.6 is 11.8 Å². The van der Waals surface area contributed by atoms with Crippen molar-refractivity contribution in [2.75, 3.05) is 23.1 Å². The Hall–Kier alpha value is -4.76. The minimum absolute atomic E-state index is 0.0787. The van der Waals surface area contributed by atoms with Crippen LogP contribution in [0.15, 0.2) is 72.0 Å². The highest BCUT2D eigenvalue weighted by molar-refractivity contribution is 8.15. The maximum atomic E-state index is 15.0. The van der Waals surface area contributed by atoms with Crippen molar-refractivity contribution in [1.29, 1.82) is 0 Å². The van der Waals surface area contributed by atoms with Crippen LogP contribution in [-0.2, 0) is 9.53 Å². The molecule has 1 unspecified atom stereocenters. The lowest BCUT2D eigenvalue weighted by atomic mass is 10.0. The number of amides is 3. The number of halogens is 4. The van der Waals surface area contributed by atoms with E-state index in [1.807, 2.05) is 32.0 Å². The second kappa shape index (κ2) is 12.5. The molecule has 1 aromatic heterocycles. The Morgan fingerprint density at radius 1 is 1.11 bits per heavy atom. The van der Waals surface area contributed by atoms with Crippen molar-refractivity contribution < 1.29 is 36.6 Å². The molecule has 10 nitrogen and oxygen atoms in total. The van der Waals surface area contributed by atoms with Crippen LogP contribution < -0.4 is 15.0 Å². The van der Waals surface area contributed by atoms with Gasteiger partial charge in [0.25, 0.3) is 0 Å². The fourth-order valence-corrected chi connectivity index (χ4v) is 5.16. The molecule has 0 aliphatic carbocycles. The fraction of sp³-hybridized carbons (Fsp3) is 0.207. The number of thioether (sulfide) groups is 1. The van der Waals surface area contributed by atoms with Crippen LogP contribution in [0.5, 0.6) is 5.75 Å². The van der Waals surface area contributed by atoms with E-state index in [0.29, 0.717) is 11.3 Å². The Morgan fingerprint density at radius 3 is 2.55 bits per heavy atom. The summed E-state index contributed by atoms with van der Waals surface area (Å²) in [7, 11) is 1.55. The smallest absolute Gasteiger partial charge is 0.406 e. The lowest BCUT2D eigenvalue weighted by molar-refractivity contribution is -0.274. The van der Waals surface area contributed by atoms with E-state index in [9.17, 15) is 22.8 Å². The largest absolute Gasteiger partial charge is 0.573 e. The third-order valence-electron chi connectivity index (χ3n) is 6.48. The Bertz CT molecular complexity index is 1740. The van der Waals surface area contributed by atoms with Crippen LogP contribution in [-0.4, -0.2) is 51.1 Å². The summed E-state index contributed by atoms with van der Waals surface area (Å²) in [5.41, 5.74) is 2.71. The SMILES string of the molecule is COC(C)c1ccc(C)cc1N1C(=O)CSC1=NC(=O)Nc1ccc(-n2cnc(-c3ccc(OC(F)(F)F)cc3)n2)cc1F. The van der Waals surface area contributed by atoms with E-state index in [-0.39, 0.29) is 40.1 Å². The molecule has 1 atom stereocenters. The van der Waals surface area contributed by atoms with Crippen LogP contribution in [0.25, 0.3) is 17.1 Å². The zero-order valence-corrected chi connectivity index (χ0v) is 24.2. The first-order valence-electron chi connectivity index (χ1n) is 13.0. The molecule has 1 fully saturated rings. The summed E-state index contributed by atoms with van der Waals surface area (Å²) >= 11 is 1.09. The van der Waals surface area contributed by atoms with E-state index < -0.39 is 24.0 Å². The highest BCUT2D eigenvalue weighted by atomic mass is 32.2. The number of hydrogen-bond donors (Lipinski definition) is 1. The average molecular weight is 629 g/mol. The van der Waals surface area contributed by atoms with Crippen molar-refractivity contribution in [1.82, 2.24) is 14.8 Å². The molecule has 44 heavy (non-hydrogen) atoms. The highest BCUT2D eigenvalue weighted by Crippen LogP contribution is 2.35. The van der Waals surface area contributed by atoms with Crippen molar-refractivity contribution >= 4 is 40.2 Å². The van der Waals surface area contributed by atoms with Gasteiger partial charge in [0.05, 0.1) is 28.9 Å². The van der Waals surface area contributed by atoms with Crippen LogP contribution in [0.4, 0.5) is 33.7 Å². The van der Waals surface area contributed by atoms with E-state index in [0.717, 1.165) is 41.1 Å². The zero-order chi connectivity index (χ0) is 31.6. The molecule has 228 valence electrons. The molecule has 2 heterocycles. The van der Waals surface area contributed by atoms with Crippen molar-refractivity contribution in [3.63, 3.8) is 0 Å². The minimum Gasteiger partial charge on any atom is -0.406 e. The molecule has 1 saturated heterocycles. The highest BCUT2D eigenvalue weighted by Gasteiger charge is 2.33. The molecule has 5 rings (SSSR count). The molecule has 1 N–H and O–H groups in total. The van der Waals surface area contributed by atoms with E-state index in [2.05, 4.69) is 25.1 Å². The minimum atomic E-state index is -4.81. The molecule has 1 aliphatic heterocycles. The topological polar surface area (TPSA) is 111 Å². The molecule has 4 aromatic rings. The average Bonchev–Trinajstić information content (AvgIpc) is 3.60. The van der Waals surface area contributed by atoms with Gasteiger partial charge < -0.3 is 14.8 Å². The van der Waals surface area contributed by atoms with Crippen molar-refractivity contribution in [2.24, 2.45) is 4.99 Å². The van der Waals surface area contributed by atoms with Crippen molar-refractivity contribution in [3.05, 3.63) is 83.9 Å². The van der Waals surface area contributed by atoms with Gasteiger partial charge in [-0.05, 0) is 61.9 Å². The summed E-state index contributed by atoms with van der Waals surface area (Å²) in [5, 5.41) is 6.80. The second-order valence-corrected chi connectivity index (χ2v) is 10.5. The number of hydrogen-bond acceptors (Lipinski definition) is 7. The van der Waals surface area contributed by atoms with E-state index in [1.165, 1.54) is 40.2 Å². The summed E-state index contributed by atoms with van der Waals surface area (Å²) < 4.78 is 62.8. The first-order chi connectivity index (χ1) is 20.9. The van der Waals surface area contributed by atoms with Gasteiger partial charge in [0, 0.05) is 24.3 Å². The number of aryl methyl sites for hydroxylation is 1. The number of benzene rings is 3. The summed E-state index contributed by atoms with van der Waals surface area (Å²) in [4.78, 5) is 35.2. The maximum Gasteiger partial charge on any atom is 0.573 e. The normalized spacial score (nSPS) is 15.1. The van der Waals surface area contributed by atoms with E-state index in [4.69, 9.17) is 4.74 Å². The van der Waals surface area contributed by atoms with Crippen LogP contribution in [0.1, 0.15) is 24.2 Å². The number of carbonyl (C=O) groups excluding carboxylic acids is 2. The first kappa shape index (κ1) is 30.7. The number of alkyl halides is 3. The molecular weight excluding hydrogens is 604 g/mol. The quantitative estimate of drug-likeness (QED) is 0.228. The van der Waals surface area contributed by atoms with Gasteiger partial charge in [0.15, 0.2) is 11.0 Å². The summed E-state index contributed by atoms with van der Waals surface area (Å²) in [6.07, 6.45) is -3.83. The number of rotatable bonds is 7.